The highest BCUT2D eigenvalue weighted by Gasteiger charge is 2.62. The normalized spacial score (nSPS) is 27.9. The number of aromatic nitrogens is 1. The number of allylic oxidation sites excluding steroid dienone is 1. The van der Waals surface area contributed by atoms with Crippen LogP contribution in [0, 0.1) is 41.4 Å². The van der Waals surface area contributed by atoms with Crippen molar-refractivity contribution in [1.82, 2.24) is 0 Å². The fourth-order valence-electron chi connectivity index (χ4n) is 4.56. The van der Waals surface area contributed by atoms with Crippen LogP contribution in [0.2, 0.25) is 0 Å². The van der Waals surface area contributed by atoms with E-state index in [0.29, 0.717) is 0 Å². The minimum absolute atomic E-state index is 0.0888. The Kier molecular flexibility index (Phi) is 5.06. The minimum Gasteiger partial charge on any atom is -0.762 e. The third-order valence-corrected chi connectivity index (χ3v) is 6.11. The van der Waals surface area contributed by atoms with Crippen molar-refractivity contribution in [2.45, 2.75) is 37.5 Å². The summed E-state index contributed by atoms with van der Waals surface area (Å²) in [4.78, 5) is 4.59. The monoisotopic (exact) mass is 395 g/mol. The molecule has 2 aromatic rings. The van der Waals surface area contributed by atoms with Gasteiger partial charge in [-0.1, -0.05) is 36.4 Å². The highest BCUT2D eigenvalue weighted by Crippen LogP contribution is 2.54. The molecule has 1 aromatic carbocycles. The molecule has 0 unspecified atom stereocenters. The van der Waals surface area contributed by atoms with Crippen molar-refractivity contribution >= 4 is 11.6 Å². The molecule has 0 saturated heterocycles. The Morgan fingerprint density at radius 1 is 1.17 bits per heavy atom. The molecule has 0 amide bonds. The number of aryl methyl sites for hydroxylation is 1. The van der Waals surface area contributed by atoms with E-state index in [0.717, 1.165) is 24.1 Å². The molecule has 148 valence electrons. The van der Waals surface area contributed by atoms with Crippen LogP contribution in [-0.4, -0.2) is 22.4 Å². The van der Waals surface area contributed by atoms with E-state index in [1.807, 2.05) is 78.2 Å². The van der Waals surface area contributed by atoms with Crippen LogP contribution in [0.3, 0.4) is 0 Å². The molecule has 1 aliphatic heterocycles. The maximum Gasteiger partial charge on any atom is 0.222 e. The Labute approximate surface area is 175 Å². The Morgan fingerprint density at radius 3 is 2.43 bits per heavy atom. The third kappa shape index (κ3) is 3.13. The Balaban J connectivity index is 2.04. The number of nitriles is 2. The van der Waals surface area contributed by atoms with Crippen LogP contribution in [0.1, 0.15) is 36.1 Å². The van der Waals surface area contributed by atoms with Gasteiger partial charge >= 0.3 is 0 Å². The van der Waals surface area contributed by atoms with Crippen molar-refractivity contribution in [1.29, 1.82) is 10.5 Å². The van der Waals surface area contributed by atoms with Gasteiger partial charge in [0.25, 0.3) is 0 Å². The standard InChI is InChI=1S/C24H21N5O/c1-16-7-5-6-12-29(16)23-21(17-8-3-2-4-9-17)20(15-27)22(18(13-25)14-26)28-24(23,30)19-10-11-19/h2-9,12,19-21,23,30H,10-11H2,1H3/t20-,21-,23+,24-/m0/s1. The predicted molar refractivity (Wildman–Crippen MR) is 111 cm³/mol. The van der Waals surface area contributed by atoms with Crippen LogP contribution >= 0.6 is 0 Å². The number of aliphatic hydroxyl groups is 1. The number of hydrogen-bond acceptors (Lipinski definition) is 4. The van der Waals surface area contributed by atoms with Gasteiger partial charge in [-0.25, -0.2) is 10.9 Å². The highest BCUT2D eigenvalue weighted by atomic mass is 16.3. The number of rotatable bonds is 4. The number of hydrogen-bond donors (Lipinski definition) is 1. The fourth-order valence-corrected chi connectivity index (χ4v) is 4.56. The van der Waals surface area contributed by atoms with E-state index in [9.17, 15) is 21.0 Å². The number of aliphatic imine (C=N–C) groups is 1. The first-order valence-corrected chi connectivity index (χ1v) is 9.96. The largest absolute Gasteiger partial charge is 0.762 e. The zero-order valence-electron chi connectivity index (χ0n) is 16.6. The van der Waals surface area contributed by atoms with Crippen LogP contribution in [0.4, 0.5) is 0 Å². The Hall–Kier alpha value is -3.57. The summed E-state index contributed by atoms with van der Waals surface area (Å²) >= 11 is 0. The summed E-state index contributed by atoms with van der Waals surface area (Å²) in [5, 5.41) is 41.1. The lowest BCUT2D eigenvalue weighted by Crippen LogP contribution is -2.61. The maximum atomic E-state index is 12.0. The summed E-state index contributed by atoms with van der Waals surface area (Å²) in [5.41, 5.74) is 0.166. The van der Waals surface area contributed by atoms with E-state index in [2.05, 4.69) is 11.1 Å². The molecule has 0 bridgehead atoms. The van der Waals surface area contributed by atoms with Crippen LogP contribution in [-0.2, 0) is 0 Å². The van der Waals surface area contributed by atoms with Gasteiger partial charge in [0.05, 0.1) is 23.3 Å². The van der Waals surface area contributed by atoms with Gasteiger partial charge < -0.3 is 10.5 Å². The number of benzene rings is 1. The average Bonchev–Trinajstić information content (AvgIpc) is 3.62. The number of pyridine rings is 1. The summed E-state index contributed by atoms with van der Waals surface area (Å²) < 4.78 is 1.99. The second-order valence-corrected chi connectivity index (χ2v) is 7.89. The van der Waals surface area contributed by atoms with E-state index in [4.69, 9.17) is 0 Å². The molecule has 0 radical (unpaired) electrons. The van der Waals surface area contributed by atoms with Gasteiger partial charge in [0, 0.05) is 25.0 Å². The molecule has 1 fully saturated rings. The lowest BCUT2D eigenvalue weighted by atomic mass is 9.70. The minimum atomic E-state index is -1.51. The molecule has 2 aliphatic rings. The molecule has 30 heavy (non-hydrogen) atoms. The second-order valence-electron chi connectivity index (χ2n) is 7.89. The second kappa shape index (κ2) is 7.69. The lowest BCUT2D eigenvalue weighted by molar-refractivity contribution is -0.748. The molecule has 1 N–H and O–H groups in total. The average molecular weight is 395 g/mol. The van der Waals surface area contributed by atoms with Gasteiger partial charge in [0.1, 0.15) is 12.0 Å². The SMILES string of the molecule is Cc1cccc[n+]1[C@@H]1[C@@H](c2ccccc2)[C@H](C#N)C(C(=C=[N-])C#N)=N[C@]1(O)C1CC1. The molecular weight excluding hydrogens is 374 g/mol. The van der Waals surface area contributed by atoms with Gasteiger partial charge in [0.15, 0.2) is 11.9 Å². The van der Waals surface area contributed by atoms with Gasteiger partial charge in [0.2, 0.25) is 11.8 Å². The summed E-state index contributed by atoms with van der Waals surface area (Å²) in [6.45, 7) is 1.96. The first-order valence-electron chi connectivity index (χ1n) is 9.96. The zero-order chi connectivity index (χ0) is 21.3. The topological polar surface area (TPSA) is 106 Å². The summed E-state index contributed by atoms with van der Waals surface area (Å²) in [5.74, 6) is 0.478. The summed E-state index contributed by atoms with van der Waals surface area (Å²) in [7, 11) is 0. The van der Waals surface area contributed by atoms with Crippen molar-refractivity contribution < 1.29 is 9.67 Å². The third-order valence-electron chi connectivity index (χ3n) is 6.11. The van der Waals surface area contributed by atoms with Gasteiger partial charge in [-0.3, -0.25) is 0 Å². The molecule has 4 atom stereocenters. The quantitative estimate of drug-likeness (QED) is 0.488. The first-order chi connectivity index (χ1) is 14.5. The van der Waals surface area contributed by atoms with Crippen molar-refractivity contribution in [2.75, 3.05) is 0 Å². The molecule has 6 heteroatoms. The Morgan fingerprint density at radius 2 is 1.87 bits per heavy atom. The van der Waals surface area contributed by atoms with Crippen LogP contribution in [0.25, 0.3) is 5.41 Å². The molecule has 1 aliphatic carbocycles. The molecular formula is C24H21N5O. The molecule has 1 aromatic heterocycles. The molecule has 0 spiro atoms. The molecule has 1 saturated carbocycles. The van der Waals surface area contributed by atoms with Crippen molar-refractivity contribution in [2.24, 2.45) is 16.8 Å². The number of nitrogens with zero attached hydrogens (tertiary/aromatic N) is 5. The van der Waals surface area contributed by atoms with Gasteiger partial charge in [-0.15, -0.1) is 0 Å². The highest BCUT2D eigenvalue weighted by molar-refractivity contribution is 6.13. The predicted octanol–water partition coefficient (Wildman–Crippen LogP) is 2.99. The van der Waals surface area contributed by atoms with Crippen LogP contribution < -0.4 is 4.57 Å². The van der Waals surface area contributed by atoms with E-state index >= 15 is 0 Å². The van der Waals surface area contributed by atoms with E-state index in [1.54, 1.807) is 0 Å². The maximum absolute atomic E-state index is 12.0. The summed E-state index contributed by atoms with van der Waals surface area (Å²) in [6, 6.07) is 18.9. The fraction of sp³-hybridized carbons (Fsp3) is 0.333. The van der Waals surface area contributed by atoms with Crippen molar-refractivity contribution in [3.63, 3.8) is 0 Å². The smallest absolute Gasteiger partial charge is 0.222 e. The molecule has 6 nitrogen and oxygen atoms in total. The van der Waals surface area contributed by atoms with Crippen LogP contribution in [0.15, 0.2) is 65.3 Å². The van der Waals surface area contributed by atoms with Gasteiger partial charge in [-0.2, -0.15) is 15.1 Å². The zero-order valence-corrected chi connectivity index (χ0v) is 16.6. The van der Waals surface area contributed by atoms with E-state index < -0.39 is 23.6 Å². The molecule has 2 heterocycles. The van der Waals surface area contributed by atoms with Gasteiger partial charge in [-0.05, 0) is 18.4 Å². The van der Waals surface area contributed by atoms with E-state index in [1.165, 1.54) is 0 Å². The lowest BCUT2D eigenvalue weighted by Gasteiger charge is -2.41. The Bertz CT molecular complexity index is 1130. The molecule has 4 rings (SSSR count). The summed E-state index contributed by atoms with van der Waals surface area (Å²) in [6.07, 6.45) is 3.52. The van der Waals surface area contributed by atoms with Crippen LogP contribution in [0.5, 0.6) is 0 Å². The first kappa shape index (κ1) is 19.7. The van der Waals surface area contributed by atoms with Crippen molar-refractivity contribution in [3.8, 4) is 12.1 Å². The van der Waals surface area contributed by atoms with E-state index in [-0.39, 0.29) is 17.2 Å². The van der Waals surface area contributed by atoms with Crippen molar-refractivity contribution in [3.05, 3.63) is 77.0 Å².